The second-order valence-corrected chi connectivity index (χ2v) is 9.97. The Morgan fingerprint density at radius 1 is 1.31 bits per heavy atom. The molecule has 142 valence electrons. The van der Waals surface area contributed by atoms with Gasteiger partial charge in [0.05, 0.1) is 21.0 Å². The highest BCUT2D eigenvalue weighted by molar-refractivity contribution is 7.90. The van der Waals surface area contributed by atoms with Crippen molar-refractivity contribution in [3.05, 3.63) is 23.7 Å². The van der Waals surface area contributed by atoms with Crippen LogP contribution in [0.3, 0.4) is 0 Å². The maximum atomic E-state index is 12.5. The molecule has 1 atom stereocenters. The molecule has 6 nitrogen and oxygen atoms in total. The van der Waals surface area contributed by atoms with Crippen molar-refractivity contribution in [1.29, 1.82) is 0 Å². The van der Waals surface area contributed by atoms with Crippen LogP contribution in [0, 0.1) is 5.92 Å². The van der Waals surface area contributed by atoms with Gasteiger partial charge in [-0.25, -0.2) is 18.1 Å². The van der Waals surface area contributed by atoms with Crippen molar-refractivity contribution in [1.82, 2.24) is 9.71 Å². The van der Waals surface area contributed by atoms with E-state index < -0.39 is 10.0 Å². The van der Waals surface area contributed by atoms with Crippen molar-refractivity contribution in [3.8, 4) is 0 Å². The average Bonchev–Trinajstić information content (AvgIpc) is 3.09. The molecule has 8 heteroatoms. The van der Waals surface area contributed by atoms with Crippen LogP contribution < -0.4 is 10.0 Å². The maximum Gasteiger partial charge on any atom is 0.227 e. The molecule has 1 saturated carbocycles. The van der Waals surface area contributed by atoms with E-state index in [0.717, 1.165) is 15.9 Å². The number of anilines is 1. The summed E-state index contributed by atoms with van der Waals surface area (Å²) < 4.78 is 28.2. The number of benzene rings is 1. The minimum absolute atomic E-state index is 0.0112. The average molecular weight is 396 g/mol. The second-order valence-electron chi connectivity index (χ2n) is 6.95. The van der Waals surface area contributed by atoms with Gasteiger partial charge in [0.1, 0.15) is 0 Å². The lowest BCUT2D eigenvalue weighted by Gasteiger charge is -2.29. The molecule has 0 spiro atoms. The highest BCUT2D eigenvalue weighted by Gasteiger charge is 2.30. The van der Waals surface area contributed by atoms with Gasteiger partial charge < -0.3 is 5.32 Å². The van der Waals surface area contributed by atoms with Gasteiger partial charge in [-0.3, -0.25) is 4.79 Å². The Hall–Kier alpha value is -1.51. The molecule has 1 unspecified atom stereocenters. The van der Waals surface area contributed by atoms with Gasteiger partial charge in [0.25, 0.3) is 0 Å². The third-order valence-corrected chi connectivity index (χ3v) is 7.98. The summed E-state index contributed by atoms with van der Waals surface area (Å²) in [6.45, 7) is 3.59. The van der Waals surface area contributed by atoms with Crippen LogP contribution in [0.4, 0.5) is 5.69 Å². The van der Waals surface area contributed by atoms with E-state index in [1.54, 1.807) is 23.8 Å². The fraction of sp³-hybridized carbons (Fsp3) is 0.556. The largest absolute Gasteiger partial charge is 0.326 e. The number of hydrogen-bond donors (Lipinski definition) is 2. The predicted molar refractivity (Wildman–Crippen MR) is 106 cm³/mol. The van der Waals surface area contributed by atoms with E-state index in [9.17, 15) is 13.2 Å². The number of fused-ring (bicyclic) bond motifs is 1. The van der Waals surface area contributed by atoms with E-state index in [2.05, 4.69) is 15.0 Å². The van der Waals surface area contributed by atoms with Gasteiger partial charge in [0.15, 0.2) is 0 Å². The second kappa shape index (κ2) is 8.02. The fourth-order valence-electron chi connectivity index (χ4n) is 3.22. The van der Waals surface area contributed by atoms with Crippen molar-refractivity contribution >= 4 is 43.2 Å². The number of aromatic nitrogens is 1. The van der Waals surface area contributed by atoms with Crippen molar-refractivity contribution in [2.75, 3.05) is 5.32 Å². The first-order valence-corrected chi connectivity index (χ1v) is 11.5. The predicted octanol–water partition coefficient (Wildman–Crippen LogP) is 3.51. The first-order valence-electron chi connectivity index (χ1n) is 9.04. The molecule has 1 fully saturated rings. The lowest BCUT2D eigenvalue weighted by atomic mass is 9.86. The first kappa shape index (κ1) is 19.3. The Morgan fingerprint density at radius 3 is 2.73 bits per heavy atom. The maximum absolute atomic E-state index is 12.5. The molecule has 0 bridgehead atoms. The molecule has 0 aliphatic heterocycles. The molecule has 1 heterocycles. The summed E-state index contributed by atoms with van der Waals surface area (Å²) >= 11 is 1.55. The zero-order chi connectivity index (χ0) is 18.7. The van der Waals surface area contributed by atoms with Crippen LogP contribution in [-0.4, -0.2) is 30.6 Å². The number of nitrogens with one attached hydrogen (secondary N) is 2. The molecule has 2 aromatic rings. The number of sulfonamides is 1. The van der Waals surface area contributed by atoms with E-state index in [1.807, 2.05) is 25.1 Å². The van der Waals surface area contributed by atoms with Crippen molar-refractivity contribution < 1.29 is 13.2 Å². The molecule has 1 aliphatic carbocycles. The Morgan fingerprint density at radius 2 is 2.04 bits per heavy atom. The Bertz CT molecular complexity index is 871. The monoisotopic (exact) mass is 395 g/mol. The lowest BCUT2D eigenvalue weighted by Crippen LogP contribution is -2.42. The highest BCUT2D eigenvalue weighted by Crippen LogP contribution is 2.27. The molecule has 0 saturated heterocycles. The number of amides is 1. The zero-order valence-electron chi connectivity index (χ0n) is 15.1. The van der Waals surface area contributed by atoms with Crippen molar-refractivity contribution in [2.24, 2.45) is 5.92 Å². The fourth-order valence-corrected chi connectivity index (χ4v) is 5.31. The highest BCUT2D eigenvalue weighted by atomic mass is 32.2. The smallest absolute Gasteiger partial charge is 0.227 e. The topological polar surface area (TPSA) is 88.2 Å². The van der Waals surface area contributed by atoms with E-state index in [4.69, 9.17) is 0 Å². The number of hydrogen-bond acceptors (Lipinski definition) is 5. The summed E-state index contributed by atoms with van der Waals surface area (Å²) in [5, 5.41) is 2.60. The molecule has 1 aromatic carbocycles. The normalized spacial score (nSPS) is 22.2. The molecule has 3 rings (SSSR count). The van der Waals surface area contributed by atoms with E-state index in [1.165, 1.54) is 0 Å². The zero-order valence-corrected chi connectivity index (χ0v) is 16.7. The third-order valence-electron chi connectivity index (χ3n) is 5.13. The summed E-state index contributed by atoms with van der Waals surface area (Å²) in [4.78, 5) is 16.8. The Kier molecular flexibility index (Phi) is 5.94. The van der Waals surface area contributed by atoms with Gasteiger partial charge in [0.2, 0.25) is 15.9 Å². The summed E-state index contributed by atoms with van der Waals surface area (Å²) in [5.41, 5.74) is 3.51. The van der Waals surface area contributed by atoms with Crippen molar-refractivity contribution in [2.45, 2.75) is 57.2 Å². The molecule has 26 heavy (non-hydrogen) atoms. The van der Waals surface area contributed by atoms with E-state index in [0.29, 0.717) is 32.1 Å². The van der Waals surface area contributed by atoms with Crippen LogP contribution in [0.2, 0.25) is 0 Å². The summed E-state index contributed by atoms with van der Waals surface area (Å²) in [5.74, 6) is -0.0615. The number of carbonyl (C=O) groups is 1. The minimum Gasteiger partial charge on any atom is -0.326 e. The summed E-state index contributed by atoms with van der Waals surface area (Å²) in [6.07, 6.45) is 3.38. The SMILES string of the molecule is CCC(C)S(=O)(=O)NC1CCC(C(=O)Nc2ccc3ncsc3c2)CC1. The van der Waals surface area contributed by atoms with Crippen molar-refractivity contribution in [3.63, 3.8) is 0 Å². The quantitative estimate of drug-likeness (QED) is 0.783. The third kappa shape index (κ3) is 4.42. The van der Waals surface area contributed by atoms with Gasteiger partial charge in [0, 0.05) is 17.6 Å². The number of thiazole rings is 1. The van der Waals surface area contributed by atoms with Gasteiger partial charge in [-0.15, -0.1) is 11.3 Å². The number of rotatable bonds is 6. The van der Waals surface area contributed by atoms with E-state index >= 15 is 0 Å². The van der Waals surface area contributed by atoms with Crippen LogP contribution in [-0.2, 0) is 14.8 Å². The number of nitrogens with zero attached hydrogens (tertiary/aromatic N) is 1. The van der Waals surface area contributed by atoms with Crippen LogP contribution in [0.5, 0.6) is 0 Å². The van der Waals surface area contributed by atoms with E-state index in [-0.39, 0.29) is 23.1 Å². The van der Waals surface area contributed by atoms with Crippen LogP contribution in [0.25, 0.3) is 10.2 Å². The van der Waals surface area contributed by atoms with Gasteiger partial charge in [-0.05, 0) is 57.2 Å². The first-order chi connectivity index (χ1) is 12.4. The summed E-state index contributed by atoms with van der Waals surface area (Å²) in [6, 6.07) is 5.65. The van der Waals surface area contributed by atoms with Gasteiger partial charge in [-0.1, -0.05) is 6.92 Å². The Balaban J connectivity index is 1.53. The minimum atomic E-state index is -3.27. The molecule has 2 N–H and O–H groups in total. The van der Waals surface area contributed by atoms with Gasteiger partial charge in [-0.2, -0.15) is 0 Å². The molecule has 0 radical (unpaired) electrons. The molecular formula is C18H25N3O3S2. The van der Waals surface area contributed by atoms with Gasteiger partial charge >= 0.3 is 0 Å². The molecular weight excluding hydrogens is 370 g/mol. The molecule has 1 aromatic heterocycles. The molecule has 1 aliphatic rings. The summed E-state index contributed by atoms with van der Waals surface area (Å²) in [7, 11) is -3.27. The standard InChI is InChI=1S/C18H25N3O3S2/c1-3-12(2)26(23,24)21-14-6-4-13(5-7-14)18(22)20-15-8-9-16-17(10-15)25-11-19-16/h8-14,21H,3-7H2,1-2H3,(H,20,22). The van der Waals surface area contributed by atoms with Crippen LogP contribution in [0.15, 0.2) is 23.7 Å². The molecule has 1 amide bonds. The van der Waals surface area contributed by atoms with Crippen LogP contribution in [0.1, 0.15) is 46.0 Å². The number of carbonyl (C=O) groups excluding carboxylic acids is 1. The lowest BCUT2D eigenvalue weighted by molar-refractivity contribution is -0.120. The van der Waals surface area contributed by atoms with Crippen LogP contribution >= 0.6 is 11.3 Å². The Labute approximate surface area is 158 Å².